The first kappa shape index (κ1) is 16.9. The summed E-state index contributed by atoms with van der Waals surface area (Å²) in [6, 6.07) is 16.8. The predicted molar refractivity (Wildman–Crippen MR) is 102 cm³/mol. The topological polar surface area (TPSA) is 26.3 Å². The lowest BCUT2D eigenvalue weighted by molar-refractivity contribution is -0.138. The first-order valence-electron chi connectivity index (χ1n) is 8.87. The van der Waals surface area contributed by atoms with Crippen molar-refractivity contribution >= 4 is 17.5 Å². The summed E-state index contributed by atoms with van der Waals surface area (Å²) in [5, 5.41) is 0. The van der Waals surface area contributed by atoms with Crippen LogP contribution >= 0.6 is 11.8 Å². The van der Waals surface area contributed by atoms with Crippen LogP contribution < -0.4 is 0 Å². The highest BCUT2D eigenvalue weighted by Gasteiger charge is 2.67. The highest BCUT2D eigenvalue weighted by molar-refractivity contribution is 7.99. The summed E-state index contributed by atoms with van der Waals surface area (Å²) in [5.41, 5.74) is 3.32. The molecule has 2 nitrogen and oxygen atoms in total. The summed E-state index contributed by atoms with van der Waals surface area (Å²) in [4.78, 5) is 13.9. The monoisotopic (exact) mass is 352 g/mol. The quantitative estimate of drug-likeness (QED) is 0.745. The van der Waals surface area contributed by atoms with E-state index in [1.165, 1.54) is 21.6 Å². The lowest BCUT2D eigenvalue weighted by Gasteiger charge is -2.46. The molecule has 0 amide bonds. The minimum Gasteiger partial charge on any atom is -0.373 e. The van der Waals surface area contributed by atoms with E-state index in [1.807, 2.05) is 17.8 Å². The minimum absolute atomic E-state index is 0.0285. The van der Waals surface area contributed by atoms with Crippen LogP contribution in [0.25, 0.3) is 0 Å². The zero-order valence-corrected chi connectivity index (χ0v) is 15.9. The van der Waals surface area contributed by atoms with Crippen LogP contribution in [-0.4, -0.2) is 23.7 Å². The van der Waals surface area contributed by atoms with Gasteiger partial charge in [-0.05, 0) is 37.5 Å². The number of aryl methyl sites for hydroxylation is 2. The van der Waals surface area contributed by atoms with Gasteiger partial charge in [0.2, 0.25) is 0 Å². The van der Waals surface area contributed by atoms with E-state index in [0.717, 1.165) is 5.75 Å². The van der Waals surface area contributed by atoms with E-state index in [9.17, 15) is 4.79 Å². The molecular formula is C22H24O2S. The standard InChI is InChI=1S/C22H24O2S/c1-15-8-7-9-16(2)19(15)25-14-21(3)20-18(23)12-22(20,13-24-21)17-10-5-4-6-11-17/h4-11,20H,12-14H2,1-3H3/t20-,21+,22+/m1/s1. The van der Waals surface area contributed by atoms with Gasteiger partial charge in [-0.2, -0.15) is 0 Å². The number of Topliss-reactive ketones (excluding diaryl/α,β-unsaturated/α-hetero) is 1. The van der Waals surface area contributed by atoms with Gasteiger partial charge in [0.1, 0.15) is 5.78 Å². The number of ketones is 1. The van der Waals surface area contributed by atoms with E-state index in [2.05, 4.69) is 63.2 Å². The molecule has 0 radical (unpaired) electrons. The predicted octanol–water partition coefficient (Wildman–Crippen LogP) is 4.71. The van der Waals surface area contributed by atoms with Crippen LogP contribution in [0.4, 0.5) is 0 Å². The first-order valence-corrected chi connectivity index (χ1v) is 9.86. The van der Waals surface area contributed by atoms with E-state index in [-0.39, 0.29) is 11.3 Å². The maximum atomic E-state index is 12.6. The van der Waals surface area contributed by atoms with Crippen molar-refractivity contribution < 1.29 is 9.53 Å². The molecule has 0 unspecified atom stereocenters. The number of hydrogen-bond donors (Lipinski definition) is 0. The molecule has 2 aromatic rings. The smallest absolute Gasteiger partial charge is 0.140 e. The molecule has 1 saturated carbocycles. The molecule has 2 aromatic carbocycles. The molecular weight excluding hydrogens is 328 g/mol. The highest BCUT2D eigenvalue weighted by Crippen LogP contribution is 2.58. The molecule has 3 heteroatoms. The number of hydrogen-bond acceptors (Lipinski definition) is 3. The Labute approximate surface area is 154 Å². The normalized spacial score (nSPS) is 30.8. The Bertz CT molecular complexity index is 796. The average Bonchev–Trinajstić information content (AvgIpc) is 2.83. The fraction of sp³-hybridized carbons (Fsp3) is 0.409. The molecule has 0 spiro atoms. The van der Waals surface area contributed by atoms with Crippen LogP contribution in [0.15, 0.2) is 53.4 Å². The average molecular weight is 352 g/mol. The molecule has 2 aliphatic rings. The Morgan fingerprint density at radius 3 is 2.40 bits per heavy atom. The molecule has 0 aromatic heterocycles. The molecule has 1 aliphatic heterocycles. The van der Waals surface area contributed by atoms with Gasteiger partial charge < -0.3 is 4.74 Å². The Morgan fingerprint density at radius 1 is 1.08 bits per heavy atom. The molecule has 130 valence electrons. The molecule has 1 saturated heterocycles. The van der Waals surface area contributed by atoms with E-state index in [4.69, 9.17) is 4.74 Å². The Morgan fingerprint density at radius 2 is 1.76 bits per heavy atom. The van der Waals surface area contributed by atoms with Crippen LogP contribution in [-0.2, 0) is 14.9 Å². The largest absolute Gasteiger partial charge is 0.373 e. The lowest BCUT2D eigenvalue weighted by atomic mass is 9.53. The van der Waals surface area contributed by atoms with Gasteiger partial charge in [-0.3, -0.25) is 4.79 Å². The number of thioether (sulfide) groups is 1. The van der Waals surface area contributed by atoms with Gasteiger partial charge in [0.25, 0.3) is 0 Å². The Hall–Kier alpha value is -1.58. The van der Waals surface area contributed by atoms with Crippen molar-refractivity contribution in [2.75, 3.05) is 12.4 Å². The van der Waals surface area contributed by atoms with Crippen LogP contribution in [0.5, 0.6) is 0 Å². The number of carbonyl (C=O) groups excluding carboxylic acids is 1. The second-order valence-corrected chi connectivity index (χ2v) is 8.69. The minimum atomic E-state index is -0.398. The van der Waals surface area contributed by atoms with Gasteiger partial charge in [0.15, 0.2) is 0 Å². The summed E-state index contributed by atoms with van der Waals surface area (Å²) in [7, 11) is 0. The molecule has 2 fully saturated rings. The SMILES string of the molecule is Cc1cccc(C)c1SC[C@]1(C)OC[C@]2(c3ccccc3)CC(=O)[C@@H]21. The van der Waals surface area contributed by atoms with Crippen LogP contribution in [0.3, 0.4) is 0 Å². The fourth-order valence-electron chi connectivity index (χ4n) is 4.62. The molecule has 1 heterocycles. The van der Waals surface area contributed by atoms with Gasteiger partial charge in [-0.15, -0.1) is 11.8 Å². The molecule has 0 bridgehead atoms. The number of rotatable bonds is 4. The first-order chi connectivity index (χ1) is 12.0. The Kier molecular flexibility index (Phi) is 4.04. The number of benzene rings is 2. The summed E-state index contributed by atoms with van der Waals surface area (Å²) < 4.78 is 6.32. The lowest BCUT2D eigenvalue weighted by Crippen LogP contribution is -2.57. The maximum absolute atomic E-state index is 12.6. The van der Waals surface area contributed by atoms with Crippen molar-refractivity contribution in [1.29, 1.82) is 0 Å². The van der Waals surface area contributed by atoms with Crippen LogP contribution in [0, 0.1) is 19.8 Å². The maximum Gasteiger partial charge on any atom is 0.140 e. The third-order valence-corrected chi connectivity index (χ3v) is 7.55. The number of ether oxygens (including phenoxy) is 1. The van der Waals surface area contributed by atoms with E-state index in [1.54, 1.807) is 0 Å². The molecule has 3 atom stereocenters. The third kappa shape index (κ3) is 2.56. The highest BCUT2D eigenvalue weighted by atomic mass is 32.2. The van der Waals surface area contributed by atoms with Crippen molar-refractivity contribution in [1.82, 2.24) is 0 Å². The number of fused-ring (bicyclic) bond motifs is 1. The van der Waals surface area contributed by atoms with E-state index in [0.29, 0.717) is 18.8 Å². The summed E-state index contributed by atoms with van der Waals surface area (Å²) in [6.45, 7) is 7.07. The van der Waals surface area contributed by atoms with Crippen molar-refractivity contribution in [3.63, 3.8) is 0 Å². The fourth-order valence-corrected chi connectivity index (χ4v) is 5.89. The van der Waals surface area contributed by atoms with Gasteiger partial charge >= 0.3 is 0 Å². The molecule has 1 aliphatic carbocycles. The van der Waals surface area contributed by atoms with Crippen molar-refractivity contribution in [2.45, 2.75) is 43.1 Å². The second-order valence-electron chi connectivity index (χ2n) is 7.71. The van der Waals surface area contributed by atoms with Gasteiger partial charge in [-0.25, -0.2) is 0 Å². The zero-order chi connectivity index (χ0) is 17.7. The van der Waals surface area contributed by atoms with Crippen LogP contribution in [0.1, 0.15) is 30.0 Å². The summed E-state index contributed by atoms with van der Waals surface area (Å²) in [6.07, 6.45) is 0.616. The summed E-state index contributed by atoms with van der Waals surface area (Å²) >= 11 is 1.83. The van der Waals surface area contributed by atoms with Crippen molar-refractivity contribution in [3.8, 4) is 0 Å². The summed E-state index contributed by atoms with van der Waals surface area (Å²) in [5.74, 6) is 1.13. The van der Waals surface area contributed by atoms with Crippen molar-refractivity contribution in [2.24, 2.45) is 5.92 Å². The van der Waals surface area contributed by atoms with Crippen molar-refractivity contribution in [3.05, 3.63) is 65.2 Å². The van der Waals surface area contributed by atoms with Crippen LogP contribution in [0.2, 0.25) is 0 Å². The van der Waals surface area contributed by atoms with Gasteiger partial charge in [-0.1, -0.05) is 48.5 Å². The Balaban J connectivity index is 1.60. The second kappa shape index (κ2) is 6.00. The third-order valence-electron chi connectivity index (χ3n) is 5.89. The molecule has 25 heavy (non-hydrogen) atoms. The van der Waals surface area contributed by atoms with Gasteiger partial charge in [0, 0.05) is 22.5 Å². The van der Waals surface area contributed by atoms with Gasteiger partial charge in [0.05, 0.1) is 18.1 Å². The number of carbonyl (C=O) groups is 1. The van der Waals surface area contributed by atoms with E-state index < -0.39 is 5.60 Å². The molecule has 0 N–H and O–H groups in total. The zero-order valence-electron chi connectivity index (χ0n) is 15.0. The molecule has 4 rings (SSSR count). The van der Waals surface area contributed by atoms with E-state index >= 15 is 0 Å².